The zero-order chi connectivity index (χ0) is 48.3. The molecule has 0 saturated carbocycles. The number of benzene rings is 2. The van der Waals surface area contributed by atoms with Crippen molar-refractivity contribution < 1.29 is 57.2 Å². The van der Waals surface area contributed by atoms with Gasteiger partial charge in [-0.1, -0.05) is 52.8 Å². The molecule has 2 aromatic rings. The van der Waals surface area contributed by atoms with E-state index < -0.39 is 65.0 Å². The second-order valence-electron chi connectivity index (χ2n) is 19.1. The number of hydrogen-bond donors (Lipinski definition) is 3. The van der Waals surface area contributed by atoms with E-state index in [1.54, 1.807) is 41.7 Å². The first kappa shape index (κ1) is 53.2. The number of amides is 3. The first-order valence-electron chi connectivity index (χ1n) is 22.2. The Morgan fingerprint density at radius 1 is 0.828 bits per heavy atom. The molecule has 6 atom stereocenters. The zero-order valence-corrected chi connectivity index (χ0v) is 40.7. The molecular weight excluding hydrogens is 823 g/mol. The third kappa shape index (κ3) is 15.2. The average molecular weight is 896 g/mol. The van der Waals surface area contributed by atoms with Gasteiger partial charge in [0.05, 0.1) is 13.2 Å². The number of alkyl carbamates (subject to hydrolysis) is 1. The van der Waals surface area contributed by atoms with Crippen LogP contribution in [0.3, 0.4) is 0 Å². The lowest BCUT2D eigenvalue weighted by Crippen LogP contribution is -2.58. The van der Waals surface area contributed by atoms with Crippen LogP contribution in [0.2, 0.25) is 0 Å². The minimum Gasteiger partial charge on any atom is -0.496 e. The van der Waals surface area contributed by atoms with Crippen molar-refractivity contribution in [3.05, 3.63) is 63.7 Å². The van der Waals surface area contributed by atoms with Crippen molar-refractivity contribution in [1.82, 2.24) is 16.0 Å². The lowest BCUT2D eigenvalue weighted by Gasteiger charge is -2.41. The number of esters is 3. The van der Waals surface area contributed by atoms with Crippen molar-refractivity contribution in [2.45, 2.75) is 164 Å². The topological polar surface area (TPSA) is 194 Å². The lowest BCUT2D eigenvalue weighted by atomic mass is 9.75. The Morgan fingerprint density at radius 3 is 2.03 bits per heavy atom. The summed E-state index contributed by atoms with van der Waals surface area (Å²) in [6, 6.07) is 10.3. The van der Waals surface area contributed by atoms with Crippen molar-refractivity contribution in [2.24, 2.45) is 11.3 Å². The Morgan fingerprint density at radius 2 is 1.47 bits per heavy atom. The maximum Gasteiger partial charge on any atom is 0.407 e. The first-order chi connectivity index (χ1) is 29.7. The molecule has 15 heteroatoms. The van der Waals surface area contributed by atoms with Gasteiger partial charge in [0.25, 0.3) is 0 Å². The summed E-state index contributed by atoms with van der Waals surface area (Å²) in [5, 5.41) is 8.32. The van der Waals surface area contributed by atoms with E-state index in [1.807, 2.05) is 32.9 Å². The molecule has 0 bridgehead atoms. The zero-order valence-electron chi connectivity index (χ0n) is 40.7. The Bertz CT molecular complexity index is 1990. The normalized spacial score (nSPS) is 18.7. The van der Waals surface area contributed by atoms with Gasteiger partial charge < -0.3 is 44.4 Å². The highest BCUT2D eigenvalue weighted by molar-refractivity contribution is 5.92. The van der Waals surface area contributed by atoms with Gasteiger partial charge in [0.2, 0.25) is 11.8 Å². The first-order valence-corrected chi connectivity index (χ1v) is 22.2. The number of rotatable bonds is 19. The van der Waals surface area contributed by atoms with Gasteiger partial charge in [-0.3, -0.25) is 24.0 Å². The number of ether oxygens (including phenoxy) is 6. The standard InChI is InChI=1S/C49H73N3O12/c1-16-28(2)38-26-40(59-15)39(42-43(62-33(7)55)41(61-32(6)54)25-37(63-42)27-60-31(5)53)24-36(38)23-35-18-17-34(21-29(35)3)22-30(4)48(11,12)44(56)52-49(13,14)45(57)50-19-20-51-46(58)64-47(8,9)10/h17-18,21,24,26,28,30,37,41-43H,16,19-20,22-23,25,27H2,1-15H3,(H,50,57)(H,51,58)(H,52,56)/t28?,30?,37-,41-,42-,43+/m0/s1. The predicted molar refractivity (Wildman–Crippen MR) is 242 cm³/mol. The van der Waals surface area contributed by atoms with E-state index in [0.717, 1.165) is 34.2 Å². The molecule has 2 unspecified atom stereocenters. The van der Waals surface area contributed by atoms with Crippen LogP contribution in [0.4, 0.5) is 4.79 Å². The fourth-order valence-electron chi connectivity index (χ4n) is 7.54. The van der Waals surface area contributed by atoms with Crippen LogP contribution in [0.15, 0.2) is 30.3 Å². The highest BCUT2D eigenvalue weighted by atomic mass is 16.6. The van der Waals surface area contributed by atoms with Gasteiger partial charge in [0, 0.05) is 51.3 Å². The Hall–Kier alpha value is -5.18. The number of carbonyl (C=O) groups excluding carboxylic acids is 6. The van der Waals surface area contributed by atoms with Crippen LogP contribution < -0.4 is 20.7 Å². The van der Waals surface area contributed by atoms with Gasteiger partial charge in [-0.25, -0.2) is 4.79 Å². The average Bonchev–Trinajstić information content (AvgIpc) is 3.18. The van der Waals surface area contributed by atoms with E-state index in [4.69, 9.17) is 28.4 Å². The van der Waals surface area contributed by atoms with Crippen molar-refractivity contribution >= 4 is 35.8 Å². The number of hydrogen-bond acceptors (Lipinski definition) is 12. The predicted octanol–water partition coefficient (Wildman–Crippen LogP) is 7.10. The Kier molecular flexibility index (Phi) is 18.8. The second kappa shape index (κ2) is 22.6. The van der Waals surface area contributed by atoms with Gasteiger partial charge in [-0.2, -0.15) is 0 Å². The highest BCUT2D eigenvalue weighted by Crippen LogP contribution is 2.43. The molecule has 1 aliphatic rings. The summed E-state index contributed by atoms with van der Waals surface area (Å²) in [6.45, 7) is 24.8. The molecule has 3 amide bonds. The smallest absolute Gasteiger partial charge is 0.407 e. The van der Waals surface area contributed by atoms with Crippen molar-refractivity contribution in [3.8, 4) is 5.75 Å². The number of aryl methyl sites for hydroxylation is 1. The van der Waals surface area contributed by atoms with Crippen molar-refractivity contribution in [1.29, 1.82) is 0 Å². The van der Waals surface area contributed by atoms with Crippen LogP contribution in [0, 0.1) is 18.3 Å². The van der Waals surface area contributed by atoms with Gasteiger partial charge in [-0.05, 0) is 113 Å². The Labute approximate surface area is 379 Å². The van der Waals surface area contributed by atoms with Crippen molar-refractivity contribution in [2.75, 3.05) is 26.8 Å². The van der Waals surface area contributed by atoms with Gasteiger partial charge in [0.1, 0.15) is 35.7 Å². The van der Waals surface area contributed by atoms with Crippen LogP contribution in [0.25, 0.3) is 0 Å². The maximum absolute atomic E-state index is 13.8. The summed E-state index contributed by atoms with van der Waals surface area (Å²) in [5.74, 6) is -1.70. The third-order valence-electron chi connectivity index (χ3n) is 11.8. The van der Waals surface area contributed by atoms with Crippen LogP contribution in [-0.4, -0.2) is 92.1 Å². The van der Waals surface area contributed by atoms with E-state index in [0.29, 0.717) is 24.2 Å². The van der Waals surface area contributed by atoms with E-state index in [-0.39, 0.29) is 49.8 Å². The number of nitrogens with one attached hydrogen (secondary N) is 3. The van der Waals surface area contributed by atoms with Crippen LogP contribution >= 0.6 is 0 Å². The summed E-state index contributed by atoms with van der Waals surface area (Å²) in [7, 11) is 1.56. The molecule has 356 valence electrons. The van der Waals surface area contributed by atoms with Gasteiger partial charge in [-0.15, -0.1) is 0 Å². The molecule has 1 fully saturated rings. The quantitative estimate of drug-likeness (QED) is 0.0737. The summed E-state index contributed by atoms with van der Waals surface area (Å²) in [4.78, 5) is 75.3. The van der Waals surface area contributed by atoms with Crippen LogP contribution in [0.1, 0.15) is 148 Å². The fourth-order valence-corrected chi connectivity index (χ4v) is 7.54. The largest absolute Gasteiger partial charge is 0.496 e. The lowest BCUT2D eigenvalue weighted by molar-refractivity contribution is -0.214. The SMILES string of the molecule is CCC(C)c1cc(OC)c([C@@H]2O[C@H](COC(C)=O)C[C@H](OC(C)=O)[C@H]2OC(C)=O)cc1Cc1ccc(CC(C)C(C)(C)C(=O)NC(C)(C)C(=O)NCCNC(=O)OC(C)(C)C)cc1C. The summed E-state index contributed by atoms with van der Waals surface area (Å²) >= 11 is 0. The minimum absolute atomic E-state index is 0.0876. The molecule has 15 nitrogen and oxygen atoms in total. The minimum atomic E-state index is -1.21. The molecule has 0 aromatic heterocycles. The monoisotopic (exact) mass is 896 g/mol. The van der Waals surface area contributed by atoms with Crippen LogP contribution in [0.5, 0.6) is 5.75 Å². The summed E-state index contributed by atoms with van der Waals surface area (Å²) in [5.41, 5.74) is 3.18. The molecule has 2 aromatic carbocycles. The van der Waals surface area contributed by atoms with E-state index in [9.17, 15) is 28.8 Å². The molecule has 0 radical (unpaired) electrons. The molecule has 3 N–H and O–H groups in total. The molecule has 1 aliphatic heterocycles. The number of carbonyl (C=O) groups is 6. The molecule has 64 heavy (non-hydrogen) atoms. The molecule has 0 aliphatic carbocycles. The summed E-state index contributed by atoms with van der Waals surface area (Å²) in [6.07, 6.45) is -1.92. The molecule has 1 heterocycles. The molecular formula is C49H73N3O12. The highest BCUT2D eigenvalue weighted by Gasteiger charge is 2.46. The van der Waals surface area contributed by atoms with E-state index >= 15 is 0 Å². The third-order valence-corrected chi connectivity index (χ3v) is 11.8. The van der Waals surface area contributed by atoms with E-state index in [2.05, 4.69) is 54.9 Å². The van der Waals surface area contributed by atoms with Gasteiger partial charge in [0.15, 0.2) is 6.10 Å². The maximum atomic E-state index is 13.8. The second-order valence-corrected chi connectivity index (χ2v) is 19.1. The Balaban J connectivity index is 1.87. The van der Waals surface area contributed by atoms with Gasteiger partial charge >= 0.3 is 24.0 Å². The van der Waals surface area contributed by atoms with Crippen molar-refractivity contribution in [3.63, 3.8) is 0 Å². The molecule has 0 spiro atoms. The van der Waals surface area contributed by atoms with E-state index in [1.165, 1.54) is 20.8 Å². The summed E-state index contributed by atoms with van der Waals surface area (Å²) < 4.78 is 34.5. The number of methoxy groups -OCH3 is 1. The molecule has 1 saturated heterocycles. The van der Waals surface area contributed by atoms with Crippen LogP contribution in [-0.2, 0) is 60.5 Å². The fraction of sp³-hybridized carbons (Fsp3) is 0.633. The molecule has 3 rings (SSSR count).